The Hall–Kier alpha value is -1.10. The van der Waals surface area contributed by atoms with Crippen LogP contribution in [0.5, 0.6) is 5.75 Å². The summed E-state index contributed by atoms with van der Waals surface area (Å²) in [5, 5.41) is 10.2. The molecule has 22 heavy (non-hydrogen) atoms. The van der Waals surface area contributed by atoms with Crippen molar-refractivity contribution in [1.82, 2.24) is 9.80 Å². The summed E-state index contributed by atoms with van der Waals surface area (Å²) in [6.45, 7) is 14.9. The smallest absolute Gasteiger partial charge is 0.125 e. The van der Waals surface area contributed by atoms with Crippen LogP contribution in [-0.2, 0) is 0 Å². The number of benzene rings is 1. The molecule has 1 aromatic rings. The van der Waals surface area contributed by atoms with Crippen molar-refractivity contribution < 1.29 is 9.84 Å². The molecule has 1 atom stereocenters. The van der Waals surface area contributed by atoms with E-state index in [1.165, 1.54) is 5.56 Å². The Labute approximate surface area is 134 Å². The van der Waals surface area contributed by atoms with Crippen LogP contribution in [0.25, 0.3) is 0 Å². The summed E-state index contributed by atoms with van der Waals surface area (Å²) in [7, 11) is 0. The van der Waals surface area contributed by atoms with E-state index in [2.05, 4.69) is 49.6 Å². The highest BCUT2D eigenvalue weighted by Crippen LogP contribution is 2.24. The number of hydrogen-bond acceptors (Lipinski definition) is 4. The fourth-order valence-electron chi connectivity index (χ4n) is 3.21. The molecule has 4 nitrogen and oxygen atoms in total. The SMILES string of the molecule is CCN1CCN(CC(O)COc2c(C)cc(C)cc2C)CC1. The number of rotatable bonds is 6. The van der Waals surface area contributed by atoms with Gasteiger partial charge in [0.2, 0.25) is 0 Å². The number of piperazine rings is 1. The van der Waals surface area contributed by atoms with E-state index in [-0.39, 0.29) is 0 Å². The molecule has 0 amide bonds. The van der Waals surface area contributed by atoms with Crippen molar-refractivity contribution in [1.29, 1.82) is 0 Å². The molecule has 1 unspecified atom stereocenters. The lowest BCUT2D eigenvalue weighted by molar-refractivity contribution is 0.0468. The fraction of sp³-hybridized carbons (Fsp3) is 0.667. The molecule has 1 N–H and O–H groups in total. The van der Waals surface area contributed by atoms with Crippen LogP contribution in [0.2, 0.25) is 0 Å². The zero-order valence-corrected chi connectivity index (χ0v) is 14.4. The number of likely N-dealkylation sites (N-methyl/N-ethyl adjacent to an activating group) is 1. The molecule has 1 fully saturated rings. The largest absolute Gasteiger partial charge is 0.490 e. The molecule has 0 aliphatic carbocycles. The highest BCUT2D eigenvalue weighted by molar-refractivity contribution is 5.42. The van der Waals surface area contributed by atoms with Gasteiger partial charge in [0.1, 0.15) is 18.5 Å². The summed E-state index contributed by atoms with van der Waals surface area (Å²) in [5.41, 5.74) is 3.53. The third kappa shape index (κ3) is 4.70. The molecule has 1 saturated heterocycles. The van der Waals surface area contributed by atoms with Crippen molar-refractivity contribution in [2.24, 2.45) is 0 Å². The summed E-state index contributed by atoms with van der Waals surface area (Å²) in [5.74, 6) is 0.917. The Morgan fingerprint density at radius 3 is 2.14 bits per heavy atom. The van der Waals surface area contributed by atoms with E-state index in [4.69, 9.17) is 4.74 Å². The summed E-state index contributed by atoms with van der Waals surface area (Å²) < 4.78 is 5.88. The van der Waals surface area contributed by atoms with Gasteiger partial charge in [-0.25, -0.2) is 0 Å². The molecule has 2 rings (SSSR count). The van der Waals surface area contributed by atoms with E-state index in [0.717, 1.165) is 49.6 Å². The van der Waals surface area contributed by atoms with Gasteiger partial charge in [-0.05, 0) is 38.4 Å². The van der Waals surface area contributed by atoms with E-state index in [1.54, 1.807) is 0 Å². The minimum Gasteiger partial charge on any atom is -0.490 e. The van der Waals surface area contributed by atoms with Gasteiger partial charge in [-0.3, -0.25) is 4.90 Å². The number of nitrogens with zero attached hydrogens (tertiary/aromatic N) is 2. The molecule has 124 valence electrons. The second-order valence-electron chi connectivity index (χ2n) is 6.43. The van der Waals surface area contributed by atoms with E-state index < -0.39 is 6.10 Å². The Bertz CT molecular complexity index is 459. The maximum absolute atomic E-state index is 10.2. The molecule has 0 saturated carbocycles. The number of ether oxygens (including phenoxy) is 1. The molecule has 1 aromatic carbocycles. The Morgan fingerprint density at radius 2 is 1.59 bits per heavy atom. The summed E-state index contributed by atoms with van der Waals surface area (Å²) in [4.78, 5) is 4.77. The zero-order chi connectivity index (χ0) is 16.1. The predicted octanol–water partition coefficient (Wildman–Crippen LogP) is 1.99. The van der Waals surface area contributed by atoms with Crippen LogP contribution in [0.4, 0.5) is 0 Å². The number of aliphatic hydroxyl groups is 1. The molecule has 1 aliphatic rings. The first-order chi connectivity index (χ1) is 10.5. The first-order valence-electron chi connectivity index (χ1n) is 8.33. The number of aliphatic hydroxyl groups excluding tert-OH is 1. The van der Waals surface area contributed by atoms with Gasteiger partial charge in [0.05, 0.1) is 0 Å². The lowest BCUT2D eigenvalue weighted by Crippen LogP contribution is -2.49. The quantitative estimate of drug-likeness (QED) is 0.872. The van der Waals surface area contributed by atoms with Crippen molar-refractivity contribution in [2.45, 2.75) is 33.8 Å². The normalized spacial score (nSPS) is 18.4. The average Bonchev–Trinajstić information content (AvgIpc) is 2.47. The second-order valence-corrected chi connectivity index (χ2v) is 6.43. The maximum Gasteiger partial charge on any atom is 0.125 e. The minimum atomic E-state index is -0.437. The van der Waals surface area contributed by atoms with Crippen LogP contribution in [0, 0.1) is 20.8 Å². The fourth-order valence-corrected chi connectivity index (χ4v) is 3.21. The van der Waals surface area contributed by atoms with Gasteiger partial charge >= 0.3 is 0 Å². The van der Waals surface area contributed by atoms with Crippen molar-refractivity contribution >= 4 is 0 Å². The minimum absolute atomic E-state index is 0.360. The summed E-state index contributed by atoms with van der Waals surface area (Å²) >= 11 is 0. The van der Waals surface area contributed by atoms with Gasteiger partial charge in [0.15, 0.2) is 0 Å². The topological polar surface area (TPSA) is 35.9 Å². The molecule has 0 radical (unpaired) electrons. The van der Waals surface area contributed by atoms with Crippen LogP contribution in [-0.4, -0.2) is 66.9 Å². The monoisotopic (exact) mass is 306 g/mol. The van der Waals surface area contributed by atoms with Crippen molar-refractivity contribution in [2.75, 3.05) is 45.9 Å². The van der Waals surface area contributed by atoms with Crippen molar-refractivity contribution in [3.63, 3.8) is 0 Å². The zero-order valence-electron chi connectivity index (χ0n) is 14.4. The van der Waals surface area contributed by atoms with Crippen LogP contribution < -0.4 is 4.74 Å². The standard InChI is InChI=1S/C18H30N2O2/c1-5-19-6-8-20(9-7-19)12-17(21)13-22-18-15(3)10-14(2)11-16(18)4/h10-11,17,21H,5-9,12-13H2,1-4H3. The lowest BCUT2D eigenvalue weighted by Gasteiger charge is -2.35. The molecular weight excluding hydrogens is 276 g/mol. The van der Waals surface area contributed by atoms with Gasteiger partial charge in [0, 0.05) is 32.7 Å². The van der Waals surface area contributed by atoms with E-state index >= 15 is 0 Å². The van der Waals surface area contributed by atoms with Crippen LogP contribution in [0.3, 0.4) is 0 Å². The van der Waals surface area contributed by atoms with E-state index in [9.17, 15) is 5.11 Å². The molecule has 0 spiro atoms. The second kappa shape index (κ2) is 7.95. The van der Waals surface area contributed by atoms with Crippen molar-refractivity contribution in [3.05, 3.63) is 28.8 Å². The van der Waals surface area contributed by atoms with Gasteiger partial charge in [-0.1, -0.05) is 24.6 Å². The highest BCUT2D eigenvalue weighted by Gasteiger charge is 2.18. The first-order valence-corrected chi connectivity index (χ1v) is 8.33. The molecule has 1 heterocycles. The summed E-state index contributed by atoms with van der Waals surface area (Å²) in [6, 6.07) is 4.25. The molecule has 0 bridgehead atoms. The van der Waals surface area contributed by atoms with Gasteiger partial charge in [-0.15, -0.1) is 0 Å². The summed E-state index contributed by atoms with van der Waals surface area (Å²) in [6.07, 6.45) is -0.437. The highest BCUT2D eigenvalue weighted by atomic mass is 16.5. The predicted molar refractivity (Wildman–Crippen MR) is 90.7 cm³/mol. The number of β-amino-alcohol motifs (C(OH)–C–C–N with tert-alkyl or cyclic N) is 1. The van der Waals surface area contributed by atoms with Crippen molar-refractivity contribution in [3.8, 4) is 5.75 Å². The maximum atomic E-state index is 10.2. The lowest BCUT2D eigenvalue weighted by atomic mass is 10.1. The van der Waals surface area contributed by atoms with Crippen LogP contribution in [0.1, 0.15) is 23.6 Å². The van der Waals surface area contributed by atoms with Crippen LogP contribution >= 0.6 is 0 Å². The first kappa shape index (κ1) is 17.3. The third-order valence-corrected chi connectivity index (χ3v) is 4.41. The molecule has 1 aliphatic heterocycles. The van der Waals surface area contributed by atoms with Gasteiger partial charge in [0.25, 0.3) is 0 Å². The molecular formula is C18H30N2O2. The average molecular weight is 306 g/mol. The molecule has 0 aromatic heterocycles. The van der Waals surface area contributed by atoms with E-state index in [0.29, 0.717) is 13.2 Å². The number of hydrogen-bond donors (Lipinski definition) is 1. The third-order valence-electron chi connectivity index (χ3n) is 4.41. The van der Waals surface area contributed by atoms with Crippen LogP contribution in [0.15, 0.2) is 12.1 Å². The van der Waals surface area contributed by atoms with E-state index in [1.807, 2.05) is 0 Å². The van der Waals surface area contributed by atoms with Gasteiger partial charge in [-0.2, -0.15) is 0 Å². The number of aryl methyl sites for hydroxylation is 3. The van der Waals surface area contributed by atoms with Gasteiger partial charge < -0.3 is 14.7 Å². The Kier molecular flexibility index (Phi) is 6.24. The Balaban J connectivity index is 1.80. The Morgan fingerprint density at radius 1 is 1.05 bits per heavy atom. The molecule has 4 heteroatoms.